The molecule has 158 valence electrons. The lowest BCUT2D eigenvalue weighted by atomic mass is 9.88. The Bertz CT molecular complexity index is 851. The van der Waals surface area contributed by atoms with Crippen LogP contribution in [0.3, 0.4) is 0 Å². The van der Waals surface area contributed by atoms with Gasteiger partial charge in [-0.05, 0) is 45.7 Å². The number of H-pyrrole nitrogens is 1. The summed E-state index contributed by atoms with van der Waals surface area (Å²) in [7, 11) is 0. The quantitative estimate of drug-likeness (QED) is 0.778. The molecule has 2 fully saturated rings. The SMILES string of the molecule is CCCCN1C2COCC1CC(N(C(=O)c1[nH]nc3c(O)cccc13)C(C)C)C2. The molecule has 2 saturated heterocycles. The molecule has 1 aromatic heterocycles. The number of nitrogens with one attached hydrogen (secondary N) is 1. The summed E-state index contributed by atoms with van der Waals surface area (Å²) in [6, 6.07) is 6.16. The molecular weight excluding hydrogens is 368 g/mol. The van der Waals surface area contributed by atoms with E-state index in [0.29, 0.717) is 28.7 Å². The largest absolute Gasteiger partial charge is 0.506 e. The topological polar surface area (TPSA) is 81.7 Å². The first-order chi connectivity index (χ1) is 14.0. The minimum atomic E-state index is -0.0425. The summed E-state index contributed by atoms with van der Waals surface area (Å²) in [5.41, 5.74) is 0.902. The van der Waals surface area contributed by atoms with Gasteiger partial charge in [0, 0.05) is 29.6 Å². The van der Waals surface area contributed by atoms with Crippen LogP contribution in [0.2, 0.25) is 0 Å². The molecule has 7 nitrogen and oxygen atoms in total. The van der Waals surface area contributed by atoms with Gasteiger partial charge in [0.25, 0.3) is 5.91 Å². The number of aromatic amines is 1. The number of ether oxygens (including phenoxy) is 1. The Morgan fingerprint density at radius 3 is 2.72 bits per heavy atom. The molecule has 0 spiro atoms. The van der Waals surface area contributed by atoms with Crippen molar-refractivity contribution < 1.29 is 14.6 Å². The highest BCUT2D eigenvalue weighted by Gasteiger charge is 2.42. The number of benzene rings is 1. The van der Waals surface area contributed by atoms with Crippen molar-refractivity contribution in [3.05, 3.63) is 23.9 Å². The van der Waals surface area contributed by atoms with Crippen LogP contribution in [-0.2, 0) is 4.74 Å². The first-order valence-corrected chi connectivity index (χ1v) is 10.8. The van der Waals surface area contributed by atoms with E-state index in [1.807, 2.05) is 11.0 Å². The predicted molar refractivity (Wildman–Crippen MR) is 112 cm³/mol. The Hall–Kier alpha value is -2.12. The molecule has 2 atom stereocenters. The lowest BCUT2D eigenvalue weighted by Crippen LogP contribution is -2.62. The molecule has 7 heteroatoms. The summed E-state index contributed by atoms with van der Waals surface area (Å²) in [5.74, 6) is 0.0453. The number of rotatable bonds is 6. The van der Waals surface area contributed by atoms with E-state index in [1.165, 1.54) is 12.8 Å². The van der Waals surface area contributed by atoms with Gasteiger partial charge < -0.3 is 14.7 Å². The van der Waals surface area contributed by atoms with Gasteiger partial charge in [0.15, 0.2) is 0 Å². The van der Waals surface area contributed by atoms with Crippen LogP contribution in [0.15, 0.2) is 18.2 Å². The summed E-state index contributed by atoms with van der Waals surface area (Å²) in [4.78, 5) is 18.2. The van der Waals surface area contributed by atoms with Crippen molar-refractivity contribution in [3.63, 3.8) is 0 Å². The second kappa shape index (κ2) is 8.32. The van der Waals surface area contributed by atoms with Crippen molar-refractivity contribution in [2.75, 3.05) is 19.8 Å². The summed E-state index contributed by atoms with van der Waals surface area (Å²) in [6.45, 7) is 8.98. The summed E-state index contributed by atoms with van der Waals surface area (Å²) in [5, 5.41) is 17.8. The van der Waals surface area contributed by atoms with Gasteiger partial charge in [-0.2, -0.15) is 5.10 Å². The van der Waals surface area contributed by atoms with Crippen molar-refractivity contribution in [3.8, 4) is 5.75 Å². The number of carbonyl (C=O) groups is 1. The van der Waals surface area contributed by atoms with Crippen LogP contribution in [0.5, 0.6) is 5.75 Å². The zero-order valence-electron chi connectivity index (χ0n) is 17.6. The number of morpholine rings is 1. The van der Waals surface area contributed by atoms with Crippen molar-refractivity contribution in [2.24, 2.45) is 0 Å². The fourth-order valence-corrected chi connectivity index (χ4v) is 5.03. The van der Waals surface area contributed by atoms with E-state index in [0.717, 1.165) is 32.6 Å². The van der Waals surface area contributed by atoms with Crippen LogP contribution in [0.25, 0.3) is 10.9 Å². The Kier molecular flexibility index (Phi) is 5.79. The smallest absolute Gasteiger partial charge is 0.272 e. The van der Waals surface area contributed by atoms with Gasteiger partial charge in [0.1, 0.15) is 17.0 Å². The number of carbonyl (C=O) groups excluding carboxylic acids is 1. The second-order valence-corrected chi connectivity index (χ2v) is 8.64. The number of nitrogens with zero attached hydrogens (tertiary/aromatic N) is 3. The van der Waals surface area contributed by atoms with Crippen LogP contribution in [0.4, 0.5) is 0 Å². The molecule has 2 unspecified atom stereocenters. The highest BCUT2D eigenvalue weighted by Crippen LogP contribution is 2.33. The van der Waals surface area contributed by atoms with Gasteiger partial charge in [-0.3, -0.25) is 14.8 Å². The Morgan fingerprint density at radius 2 is 2.07 bits per heavy atom. The minimum Gasteiger partial charge on any atom is -0.506 e. The summed E-state index contributed by atoms with van der Waals surface area (Å²) >= 11 is 0. The third kappa shape index (κ3) is 3.73. The van der Waals surface area contributed by atoms with E-state index in [2.05, 4.69) is 35.9 Å². The normalized spacial score (nSPS) is 24.9. The van der Waals surface area contributed by atoms with Crippen LogP contribution in [0.1, 0.15) is 56.9 Å². The Labute approximate surface area is 172 Å². The van der Waals surface area contributed by atoms with Crippen LogP contribution in [-0.4, -0.2) is 74.9 Å². The molecule has 2 aliphatic heterocycles. The highest BCUT2D eigenvalue weighted by molar-refractivity contribution is 6.06. The van der Waals surface area contributed by atoms with Gasteiger partial charge in [-0.1, -0.05) is 25.5 Å². The molecule has 2 aromatic rings. The fraction of sp³-hybridized carbons (Fsp3) is 0.636. The number of unbranched alkanes of at least 4 members (excludes halogenated alkanes) is 1. The maximum Gasteiger partial charge on any atom is 0.272 e. The lowest BCUT2D eigenvalue weighted by molar-refractivity contribution is -0.0936. The Morgan fingerprint density at radius 1 is 1.34 bits per heavy atom. The molecule has 1 aromatic carbocycles. The minimum absolute atomic E-state index is 0.0425. The number of amides is 1. The number of phenolic OH excluding ortho intramolecular Hbond substituents is 1. The first-order valence-electron chi connectivity index (χ1n) is 10.8. The number of para-hydroxylation sites is 1. The van der Waals surface area contributed by atoms with Crippen molar-refractivity contribution in [1.82, 2.24) is 20.0 Å². The number of hydrogen-bond acceptors (Lipinski definition) is 5. The van der Waals surface area contributed by atoms with E-state index >= 15 is 0 Å². The number of aromatic nitrogens is 2. The van der Waals surface area contributed by atoms with E-state index in [4.69, 9.17) is 4.74 Å². The maximum absolute atomic E-state index is 13.6. The molecule has 1 amide bonds. The zero-order chi connectivity index (χ0) is 20.5. The molecule has 0 radical (unpaired) electrons. The molecule has 0 aliphatic carbocycles. The molecule has 29 heavy (non-hydrogen) atoms. The highest BCUT2D eigenvalue weighted by atomic mass is 16.5. The van der Waals surface area contributed by atoms with Crippen LogP contribution >= 0.6 is 0 Å². The fourth-order valence-electron chi connectivity index (χ4n) is 5.03. The third-order valence-electron chi connectivity index (χ3n) is 6.38. The van der Waals surface area contributed by atoms with Crippen molar-refractivity contribution >= 4 is 16.8 Å². The molecule has 2 aliphatic rings. The monoisotopic (exact) mass is 400 g/mol. The van der Waals surface area contributed by atoms with Crippen molar-refractivity contribution in [2.45, 2.75) is 70.6 Å². The lowest BCUT2D eigenvalue weighted by Gasteiger charge is -2.51. The summed E-state index contributed by atoms with van der Waals surface area (Å²) in [6.07, 6.45) is 4.26. The van der Waals surface area contributed by atoms with Crippen molar-refractivity contribution in [1.29, 1.82) is 0 Å². The average molecular weight is 401 g/mol. The first kappa shape index (κ1) is 20.2. The average Bonchev–Trinajstić information content (AvgIpc) is 3.11. The number of aromatic hydroxyl groups is 1. The van der Waals surface area contributed by atoms with Crippen LogP contribution < -0.4 is 0 Å². The number of fused-ring (bicyclic) bond motifs is 3. The van der Waals surface area contributed by atoms with E-state index in [1.54, 1.807) is 12.1 Å². The number of hydrogen-bond donors (Lipinski definition) is 2. The number of piperidine rings is 1. The molecule has 3 heterocycles. The van der Waals surface area contributed by atoms with E-state index in [9.17, 15) is 9.90 Å². The molecule has 2 bridgehead atoms. The maximum atomic E-state index is 13.6. The number of phenols is 1. The van der Waals surface area contributed by atoms with Gasteiger partial charge in [-0.15, -0.1) is 0 Å². The van der Waals surface area contributed by atoms with Gasteiger partial charge >= 0.3 is 0 Å². The van der Waals surface area contributed by atoms with Gasteiger partial charge in [0.05, 0.1) is 13.2 Å². The predicted octanol–water partition coefficient (Wildman–Crippen LogP) is 3.15. The van der Waals surface area contributed by atoms with E-state index in [-0.39, 0.29) is 23.7 Å². The molecule has 4 rings (SSSR count). The van der Waals surface area contributed by atoms with Gasteiger partial charge in [0.2, 0.25) is 0 Å². The zero-order valence-corrected chi connectivity index (χ0v) is 17.6. The van der Waals surface area contributed by atoms with Crippen LogP contribution in [0, 0.1) is 0 Å². The van der Waals surface area contributed by atoms with E-state index < -0.39 is 0 Å². The second-order valence-electron chi connectivity index (χ2n) is 8.64. The summed E-state index contributed by atoms with van der Waals surface area (Å²) < 4.78 is 5.85. The standard InChI is InChI=1S/C22H32N4O3/c1-4-5-9-25-16-10-15(11-17(25)13-29-12-16)26(14(2)3)22(28)21-18-7-6-8-19(27)20(18)23-24-21/h6-8,14-17,27H,4-5,9-13H2,1-3H3,(H,23,24). The third-order valence-corrected chi connectivity index (χ3v) is 6.38. The molecule has 0 saturated carbocycles. The Balaban J connectivity index is 1.59. The molecular formula is C22H32N4O3. The molecule has 2 N–H and O–H groups in total. The van der Waals surface area contributed by atoms with Gasteiger partial charge in [-0.25, -0.2) is 0 Å².